The molecule has 1 aromatic carbocycles. The summed E-state index contributed by atoms with van der Waals surface area (Å²) in [4.78, 5) is 6.27. The lowest BCUT2D eigenvalue weighted by Gasteiger charge is -2.15. The monoisotopic (exact) mass is 316 g/mol. The molecule has 0 spiro atoms. The van der Waals surface area contributed by atoms with Crippen LogP contribution in [0.5, 0.6) is 11.5 Å². The SMILES string of the molecule is CC1CCc2nc(CC(N)c3ccc4c(c3)OCO4)sc2C1. The number of rotatable bonds is 3. The maximum atomic E-state index is 6.38. The van der Waals surface area contributed by atoms with Gasteiger partial charge in [-0.2, -0.15) is 0 Å². The van der Waals surface area contributed by atoms with Crippen LogP contribution in [0.3, 0.4) is 0 Å². The van der Waals surface area contributed by atoms with E-state index in [0.29, 0.717) is 6.79 Å². The largest absolute Gasteiger partial charge is 0.454 e. The topological polar surface area (TPSA) is 57.4 Å². The van der Waals surface area contributed by atoms with Crippen molar-refractivity contribution in [2.45, 2.75) is 38.6 Å². The molecule has 0 saturated carbocycles. The first-order valence-corrected chi connectivity index (χ1v) is 8.63. The summed E-state index contributed by atoms with van der Waals surface area (Å²) >= 11 is 1.84. The molecule has 1 aliphatic heterocycles. The van der Waals surface area contributed by atoms with Gasteiger partial charge in [-0.15, -0.1) is 11.3 Å². The molecule has 0 fully saturated rings. The fourth-order valence-corrected chi connectivity index (χ4v) is 4.47. The van der Waals surface area contributed by atoms with E-state index < -0.39 is 0 Å². The molecule has 2 unspecified atom stereocenters. The van der Waals surface area contributed by atoms with E-state index in [2.05, 4.69) is 6.92 Å². The van der Waals surface area contributed by atoms with E-state index in [1.54, 1.807) is 0 Å². The van der Waals surface area contributed by atoms with E-state index >= 15 is 0 Å². The molecule has 4 rings (SSSR count). The van der Waals surface area contributed by atoms with Crippen molar-refractivity contribution >= 4 is 11.3 Å². The normalized spacial score (nSPS) is 20.7. The number of benzene rings is 1. The third-order valence-electron chi connectivity index (χ3n) is 4.45. The van der Waals surface area contributed by atoms with Gasteiger partial charge in [0.15, 0.2) is 11.5 Å². The number of hydrogen-bond acceptors (Lipinski definition) is 5. The van der Waals surface area contributed by atoms with Crippen LogP contribution >= 0.6 is 11.3 Å². The molecule has 0 amide bonds. The molecule has 2 atom stereocenters. The number of fused-ring (bicyclic) bond motifs is 2. The molecule has 2 heterocycles. The third kappa shape index (κ3) is 2.59. The maximum Gasteiger partial charge on any atom is 0.231 e. The minimum absolute atomic E-state index is 0.0560. The highest BCUT2D eigenvalue weighted by Crippen LogP contribution is 2.35. The molecule has 2 N–H and O–H groups in total. The van der Waals surface area contributed by atoms with Crippen molar-refractivity contribution in [3.8, 4) is 11.5 Å². The van der Waals surface area contributed by atoms with Gasteiger partial charge in [-0.1, -0.05) is 13.0 Å². The molecule has 0 saturated heterocycles. The van der Waals surface area contributed by atoms with Crippen LogP contribution in [0.1, 0.15) is 40.5 Å². The summed E-state index contributed by atoms with van der Waals surface area (Å²) < 4.78 is 10.8. The van der Waals surface area contributed by atoms with E-state index in [9.17, 15) is 0 Å². The van der Waals surface area contributed by atoms with Crippen LogP contribution in [0.4, 0.5) is 0 Å². The van der Waals surface area contributed by atoms with Crippen molar-refractivity contribution in [1.29, 1.82) is 0 Å². The minimum atomic E-state index is -0.0560. The Bertz CT molecular complexity index is 698. The van der Waals surface area contributed by atoms with Crippen LogP contribution in [0.2, 0.25) is 0 Å². The Morgan fingerprint density at radius 2 is 2.23 bits per heavy atom. The summed E-state index contributed by atoms with van der Waals surface area (Å²) in [6, 6.07) is 5.89. The third-order valence-corrected chi connectivity index (χ3v) is 5.59. The Balaban J connectivity index is 1.51. The van der Waals surface area contributed by atoms with Gasteiger partial charge < -0.3 is 15.2 Å². The Labute approximate surface area is 134 Å². The Morgan fingerprint density at radius 1 is 1.36 bits per heavy atom. The molecule has 116 valence electrons. The average molecular weight is 316 g/mol. The number of aromatic nitrogens is 1. The number of aryl methyl sites for hydroxylation is 1. The zero-order valence-corrected chi connectivity index (χ0v) is 13.5. The van der Waals surface area contributed by atoms with Gasteiger partial charge in [-0.05, 0) is 42.9 Å². The second kappa shape index (κ2) is 5.56. The fourth-order valence-electron chi connectivity index (χ4n) is 3.13. The van der Waals surface area contributed by atoms with E-state index in [1.807, 2.05) is 29.5 Å². The summed E-state index contributed by atoms with van der Waals surface area (Å²) in [5, 5.41) is 1.16. The lowest BCUT2D eigenvalue weighted by Crippen LogP contribution is -2.13. The van der Waals surface area contributed by atoms with E-state index in [4.69, 9.17) is 20.2 Å². The molecular weight excluding hydrogens is 296 g/mol. The smallest absolute Gasteiger partial charge is 0.231 e. The van der Waals surface area contributed by atoms with Gasteiger partial charge in [0, 0.05) is 17.3 Å². The summed E-state index contributed by atoms with van der Waals surface area (Å²) in [6.45, 7) is 2.62. The molecule has 4 nitrogen and oxygen atoms in total. The number of ether oxygens (including phenoxy) is 2. The second-order valence-electron chi connectivity index (χ2n) is 6.25. The zero-order chi connectivity index (χ0) is 15.1. The predicted octanol–water partition coefficient (Wildman–Crippen LogP) is 3.24. The van der Waals surface area contributed by atoms with Crippen molar-refractivity contribution in [3.63, 3.8) is 0 Å². The Morgan fingerprint density at radius 3 is 3.14 bits per heavy atom. The lowest BCUT2D eigenvalue weighted by molar-refractivity contribution is 0.174. The number of nitrogens with zero attached hydrogens (tertiary/aromatic N) is 1. The minimum Gasteiger partial charge on any atom is -0.454 e. The molecule has 0 radical (unpaired) electrons. The van der Waals surface area contributed by atoms with Crippen LogP contribution in [-0.4, -0.2) is 11.8 Å². The van der Waals surface area contributed by atoms with Gasteiger partial charge in [0.2, 0.25) is 6.79 Å². The van der Waals surface area contributed by atoms with Crippen LogP contribution < -0.4 is 15.2 Å². The number of thiazole rings is 1. The first kappa shape index (κ1) is 14.0. The van der Waals surface area contributed by atoms with Crippen LogP contribution in [0, 0.1) is 5.92 Å². The fraction of sp³-hybridized carbons (Fsp3) is 0.471. The predicted molar refractivity (Wildman–Crippen MR) is 86.5 cm³/mol. The van der Waals surface area contributed by atoms with Crippen molar-refractivity contribution in [1.82, 2.24) is 4.98 Å². The standard InChI is InChI=1S/C17H20N2O2S/c1-10-2-4-13-16(6-10)22-17(19-13)8-12(18)11-3-5-14-15(7-11)21-9-20-14/h3,5,7,10,12H,2,4,6,8-9,18H2,1H3. The number of nitrogens with two attached hydrogens (primary N) is 1. The van der Waals surface area contributed by atoms with Crippen LogP contribution in [0.25, 0.3) is 0 Å². The highest BCUT2D eigenvalue weighted by Gasteiger charge is 2.21. The lowest BCUT2D eigenvalue weighted by atomic mass is 9.93. The maximum absolute atomic E-state index is 6.38. The molecule has 22 heavy (non-hydrogen) atoms. The molecule has 1 aliphatic carbocycles. The highest BCUT2D eigenvalue weighted by molar-refractivity contribution is 7.11. The van der Waals surface area contributed by atoms with Crippen LogP contribution in [-0.2, 0) is 19.3 Å². The van der Waals surface area contributed by atoms with Gasteiger partial charge >= 0.3 is 0 Å². The summed E-state index contributed by atoms with van der Waals surface area (Å²) in [7, 11) is 0. The summed E-state index contributed by atoms with van der Waals surface area (Å²) in [5.41, 5.74) is 8.75. The molecule has 2 aromatic rings. The highest BCUT2D eigenvalue weighted by atomic mass is 32.1. The zero-order valence-electron chi connectivity index (χ0n) is 12.7. The van der Waals surface area contributed by atoms with E-state index in [1.165, 1.54) is 23.4 Å². The molecular formula is C17H20N2O2S. The Hall–Kier alpha value is -1.59. The number of hydrogen-bond donors (Lipinski definition) is 1. The first-order valence-electron chi connectivity index (χ1n) is 7.81. The van der Waals surface area contributed by atoms with Gasteiger partial charge in [0.1, 0.15) is 0 Å². The van der Waals surface area contributed by atoms with Crippen molar-refractivity contribution in [3.05, 3.63) is 39.3 Å². The average Bonchev–Trinajstić information content (AvgIpc) is 3.11. The van der Waals surface area contributed by atoms with Gasteiger partial charge in [-0.3, -0.25) is 0 Å². The summed E-state index contributed by atoms with van der Waals surface area (Å²) in [5.74, 6) is 2.37. The van der Waals surface area contributed by atoms with E-state index in [-0.39, 0.29) is 6.04 Å². The summed E-state index contributed by atoms with van der Waals surface area (Å²) in [6.07, 6.45) is 4.33. The molecule has 1 aromatic heterocycles. The van der Waals surface area contributed by atoms with Crippen molar-refractivity contribution < 1.29 is 9.47 Å². The first-order chi connectivity index (χ1) is 10.7. The van der Waals surface area contributed by atoms with Gasteiger partial charge in [0.25, 0.3) is 0 Å². The van der Waals surface area contributed by atoms with Crippen molar-refractivity contribution in [2.75, 3.05) is 6.79 Å². The quantitative estimate of drug-likeness (QED) is 0.944. The molecule has 2 aliphatic rings. The second-order valence-corrected chi connectivity index (χ2v) is 7.42. The Kier molecular flexibility index (Phi) is 3.54. The van der Waals surface area contributed by atoms with Crippen LogP contribution in [0.15, 0.2) is 18.2 Å². The van der Waals surface area contributed by atoms with Gasteiger partial charge in [-0.25, -0.2) is 4.98 Å². The van der Waals surface area contributed by atoms with Gasteiger partial charge in [0.05, 0.1) is 10.7 Å². The molecule has 5 heteroatoms. The van der Waals surface area contributed by atoms with Crippen molar-refractivity contribution in [2.24, 2.45) is 11.7 Å². The van der Waals surface area contributed by atoms with E-state index in [0.717, 1.165) is 40.8 Å². The molecule has 0 bridgehead atoms.